The fourth-order valence-corrected chi connectivity index (χ4v) is 4.42. The van der Waals surface area contributed by atoms with Crippen molar-refractivity contribution in [1.29, 1.82) is 0 Å². The number of phenolic OH excluding ortho intramolecular Hbond substituents is 1. The first-order valence-corrected chi connectivity index (χ1v) is 10.1. The fraction of sp³-hybridized carbons (Fsp3) is 0.368. The molecule has 2 atom stereocenters. The van der Waals surface area contributed by atoms with Gasteiger partial charge in [0, 0.05) is 24.5 Å². The van der Waals surface area contributed by atoms with Crippen molar-refractivity contribution in [2.24, 2.45) is 0 Å². The quantitative estimate of drug-likeness (QED) is 0.857. The van der Waals surface area contributed by atoms with Crippen LogP contribution in [0, 0.1) is 6.92 Å². The van der Waals surface area contributed by atoms with E-state index in [2.05, 4.69) is 9.62 Å². The molecule has 0 spiro atoms. The molecule has 2 aromatic rings. The maximum absolute atomic E-state index is 12.5. The van der Waals surface area contributed by atoms with E-state index >= 15 is 0 Å². The molecular weight excluding hydrogens is 352 g/mol. The van der Waals surface area contributed by atoms with Crippen LogP contribution in [0.25, 0.3) is 0 Å². The molecule has 0 amide bonds. The Labute approximate surface area is 154 Å². The SMILES string of the molecule is Cc1ccc(O)c(S(=O)(=O)Nc2ccc(N3C[C@@H](C)O[C@@H](C)C3)cc2)c1. The number of nitrogens with one attached hydrogen (secondary N) is 1. The monoisotopic (exact) mass is 376 g/mol. The first-order chi connectivity index (χ1) is 12.2. The lowest BCUT2D eigenvalue weighted by atomic mass is 10.2. The Bertz CT molecular complexity index is 871. The predicted molar refractivity (Wildman–Crippen MR) is 102 cm³/mol. The van der Waals surface area contributed by atoms with E-state index in [0.717, 1.165) is 24.3 Å². The summed E-state index contributed by atoms with van der Waals surface area (Å²) in [5.41, 5.74) is 2.23. The molecule has 26 heavy (non-hydrogen) atoms. The van der Waals surface area contributed by atoms with Crippen molar-refractivity contribution in [3.63, 3.8) is 0 Å². The number of anilines is 2. The van der Waals surface area contributed by atoms with Gasteiger partial charge in [0.1, 0.15) is 10.6 Å². The number of rotatable bonds is 4. The van der Waals surface area contributed by atoms with Crippen LogP contribution < -0.4 is 9.62 Å². The smallest absolute Gasteiger partial charge is 0.265 e. The molecule has 1 aliphatic rings. The molecule has 2 aromatic carbocycles. The third-order valence-corrected chi connectivity index (χ3v) is 5.72. The van der Waals surface area contributed by atoms with Gasteiger partial charge in [-0.15, -0.1) is 0 Å². The van der Waals surface area contributed by atoms with Gasteiger partial charge < -0.3 is 14.7 Å². The van der Waals surface area contributed by atoms with Crippen LogP contribution in [0.3, 0.4) is 0 Å². The molecular formula is C19H24N2O4S. The minimum atomic E-state index is -3.86. The van der Waals surface area contributed by atoms with Gasteiger partial charge >= 0.3 is 0 Å². The maximum atomic E-state index is 12.5. The Morgan fingerprint density at radius 1 is 1.08 bits per heavy atom. The summed E-state index contributed by atoms with van der Waals surface area (Å²) >= 11 is 0. The van der Waals surface area contributed by atoms with Gasteiger partial charge in [-0.1, -0.05) is 6.07 Å². The normalized spacial score (nSPS) is 20.8. The molecule has 0 aliphatic carbocycles. The zero-order valence-electron chi connectivity index (χ0n) is 15.1. The Hall–Kier alpha value is -2.25. The van der Waals surface area contributed by atoms with Crippen LogP contribution >= 0.6 is 0 Å². The highest BCUT2D eigenvalue weighted by atomic mass is 32.2. The number of nitrogens with zero attached hydrogens (tertiary/aromatic N) is 1. The summed E-state index contributed by atoms with van der Waals surface area (Å²) in [7, 11) is -3.86. The molecule has 1 saturated heterocycles. The molecule has 0 unspecified atom stereocenters. The first kappa shape index (κ1) is 18.5. The molecule has 140 valence electrons. The van der Waals surface area contributed by atoms with E-state index in [1.165, 1.54) is 12.1 Å². The Kier molecular flexibility index (Phi) is 5.11. The first-order valence-electron chi connectivity index (χ1n) is 8.57. The van der Waals surface area contributed by atoms with Gasteiger partial charge in [0.15, 0.2) is 0 Å². The van der Waals surface area contributed by atoms with Crippen molar-refractivity contribution in [2.75, 3.05) is 22.7 Å². The van der Waals surface area contributed by atoms with Crippen LogP contribution in [-0.2, 0) is 14.8 Å². The molecule has 7 heteroatoms. The zero-order chi connectivity index (χ0) is 18.9. The van der Waals surface area contributed by atoms with E-state index < -0.39 is 10.0 Å². The van der Waals surface area contributed by atoms with Gasteiger partial charge in [0.25, 0.3) is 10.0 Å². The van der Waals surface area contributed by atoms with Crippen LogP contribution in [0.2, 0.25) is 0 Å². The Morgan fingerprint density at radius 2 is 1.69 bits per heavy atom. The second-order valence-corrected chi connectivity index (χ2v) is 8.44. The van der Waals surface area contributed by atoms with Crippen molar-refractivity contribution < 1.29 is 18.3 Å². The van der Waals surface area contributed by atoms with E-state index in [0.29, 0.717) is 5.69 Å². The molecule has 0 radical (unpaired) electrons. The number of benzene rings is 2. The lowest BCUT2D eigenvalue weighted by Crippen LogP contribution is -2.45. The molecule has 6 nitrogen and oxygen atoms in total. The molecule has 1 fully saturated rings. The summed E-state index contributed by atoms with van der Waals surface area (Å²) < 4.78 is 33.4. The summed E-state index contributed by atoms with van der Waals surface area (Å²) in [6.07, 6.45) is 0.308. The summed E-state index contributed by atoms with van der Waals surface area (Å²) in [5.74, 6) is -0.268. The molecule has 3 rings (SSSR count). The van der Waals surface area contributed by atoms with E-state index in [1.54, 1.807) is 25.1 Å². The summed E-state index contributed by atoms with van der Waals surface area (Å²) in [4.78, 5) is 2.10. The predicted octanol–water partition coefficient (Wildman–Crippen LogP) is 3.12. The van der Waals surface area contributed by atoms with Gasteiger partial charge in [-0.2, -0.15) is 0 Å². The van der Waals surface area contributed by atoms with Gasteiger partial charge in [0.2, 0.25) is 0 Å². The highest BCUT2D eigenvalue weighted by Gasteiger charge is 2.23. The number of aryl methyl sites for hydroxylation is 1. The van der Waals surface area contributed by atoms with Crippen molar-refractivity contribution in [3.05, 3.63) is 48.0 Å². The summed E-state index contributed by atoms with van der Waals surface area (Å²) in [5, 5.41) is 9.87. The number of hydrogen-bond donors (Lipinski definition) is 2. The van der Waals surface area contributed by atoms with Crippen molar-refractivity contribution >= 4 is 21.4 Å². The molecule has 1 heterocycles. The van der Waals surface area contributed by atoms with Crippen molar-refractivity contribution in [2.45, 2.75) is 37.9 Å². The zero-order valence-corrected chi connectivity index (χ0v) is 16.0. The standard InChI is InChI=1S/C19H24N2O4S/c1-13-4-9-18(22)19(10-13)26(23,24)20-16-5-7-17(8-6-16)21-11-14(2)25-15(3)12-21/h4-10,14-15,20,22H,11-12H2,1-3H3/t14-,15+. The molecule has 2 N–H and O–H groups in total. The number of sulfonamides is 1. The average Bonchev–Trinajstić information content (AvgIpc) is 2.56. The number of hydrogen-bond acceptors (Lipinski definition) is 5. The second kappa shape index (κ2) is 7.17. The molecule has 0 bridgehead atoms. The highest BCUT2D eigenvalue weighted by molar-refractivity contribution is 7.92. The Balaban J connectivity index is 1.78. The Morgan fingerprint density at radius 3 is 2.31 bits per heavy atom. The number of phenols is 1. The van der Waals surface area contributed by atoms with Gasteiger partial charge in [-0.3, -0.25) is 4.72 Å². The lowest BCUT2D eigenvalue weighted by Gasteiger charge is -2.36. The van der Waals surface area contributed by atoms with Crippen LogP contribution in [-0.4, -0.2) is 38.8 Å². The van der Waals surface area contributed by atoms with Crippen LogP contribution in [0.1, 0.15) is 19.4 Å². The fourth-order valence-electron chi connectivity index (χ4n) is 3.18. The lowest BCUT2D eigenvalue weighted by molar-refractivity contribution is -0.00521. The second-order valence-electron chi connectivity index (χ2n) is 6.79. The molecule has 0 aromatic heterocycles. The molecule has 0 saturated carbocycles. The van der Waals surface area contributed by atoms with Gasteiger partial charge in [0.05, 0.1) is 12.2 Å². The van der Waals surface area contributed by atoms with Gasteiger partial charge in [-0.25, -0.2) is 8.42 Å². The van der Waals surface area contributed by atoms with E-state index in [1.807, 2.05) is 26.0 Å². The minimum Gasteiger partial charge on any atom is -0.507 e. The summed E-state index contributed by atoms with van der Waals surface area (Å²) in [6.45, 7) is 7.45. The van der Waals surface area contributed by atoms with Crippen molar-refractivity contribution in [1.82, 2.24) is 0 Å². The van der Waals surface area contributed by atoms with E-state index in [-0.39, 0.29) is 22.9 Å². The number of ether oxygens (including phenoxy) is 1. The average molecular weight is 376 g/mol. The number of morpholine rings is 1. The third kappa shape index (κ3) is 4.11. The third-order valence-electron chi connectivity index (χ3n) is 4.31. The number of aromatic hydroxyl groups is 1. The van der Waals surface area contributed by atoms with Crippen LogP contribution in [0.15, 0.2) is 47.4 Å². The molecule has 1 aliphatic heterocycles. The van der Waals surface area contributed by atoms with Gasteiger partial charge in [-0.05, 0) is 62.7 Å². The van der Waals surface area contributed by atoms with Crippen LogP contribution in [0.5, 0.6) is 5.75 Å². The summed E-state index contributed by atoms with van der Waals surface area (Å²) in [6, 6.07) is 11.7. The van der Waals surface area contributed by atoms with E-state index in [4.69, 9.17) is 4.74 Å². The largest absolute Gasteiger partial charge is 0.507 e. The highest BCUT2D eigenvalue weighted by Crippen LogP contribution is 2.27. The van der Waals surface area contributed by atoms with Crippen LogP contribution in [0.4, 0.5) is 11.4 Å². The van der Waals surface area contributed by atoms with Crippen molar-refractivity contribution in [3.8, 4) is 5.75 Å². The minimum absolute atomic E-state index is 0.127. The topological polar surface area (TPSA) is 78.9 Å². The van der Waals surface area contributed by atoms with E-state index in [9.17, 15) is 13.5 Å². The maximum Gasteiger partial charge on any atom is 0.265 e.